The Morgan fingerprint density at radius 3 is 2.82 bits per heavy atom. The number of carbonyl (C=O) groups is 1. The minimum absolute atomic E-state index is 0.210. The number of hydrogen-bond acceptors (Lipinski definition) is 5. The highest BCUT2D eigenvalue weighted by atomic mass is 32.1. The van der Waals surface area contributed by atoms with Gasteiger partial charge >= 0.3 is 5.91 Å². The van der Waals surface area contributed by atoms with E-state index in [-0.39, 0.29) is 15.3 Å². The first-order valence-corrected chi connectivity index (χ1v) is 10.2. The minimum Gasteiger partial charge on any atom is -0.380 e. The molecule has 9 heteroatoms. The summed E-state index contributed by atoms with van der Waals surface area (Å²) in [5.74, 6) is -1.89. The molecule has 0 aliphatic carbocycles. The van der Waals surface area contributed by atoms with E-state index in [4.69, 9.17) is 4.74 Å². The van der Waals surface area contributed by atoms with Crippen molar-refractivity contribution < 1.29 is 18.3 Å². The van der Waals surface area contributed by atoms with Crippen LogP contribution in [0.2, 0.25) is 0 Å². The molecule has 0 spiro atoms. The molecule has 0 atom stereocenters. The maximum absolute atomic E-state index is 14.4. The van der Waals surface area contributed by atoms with Crippen molar-refractivity contribution in [3.63, 3.8) is 0 Å². The van der Waals surface area contributed by atoms with Gasteiger partial charge in [-0.25, -0.2) is 13.8 Å². The maximum Gasteiger partial charge on any atom is 0.308 e. The number of nitrogens with zero attached hydrogens (tertiary/aromatic N) is 3. The van der Waals surface area contributed by atoms with Gasteiger partial charge in [0.15, 0.2) is 15.6 Å². The minimum atomic E-state index is -0.698. The summed E-state index contributed by atoms with van der Waals surface area (Å²) < 4.78 is 36.2. The number of hydrogen-bond donors (Lipinski definition) is 0. The number of thiazole rings is 2. The summed E-state index contributed by atoms with van der Waals surface area (Å²) in [6.07, 6.45) is 0. The average molecular weight is 419 g/mol. The van der Waals surface area contributed by atoms with E-state index in [1.54, 1.807) is 4.57 Å². The van der Waals surface area contributed by atoms with Crippen LogP contribution >= 0.6 is 22.7 Å². The van der Waals surface area contributed by atoms with Crippen LogP contribution < -0.4 is 4.80 Å². The second-order valence-electron chi connectivity index (χ2n) is 5.87. The van der Waals surface area contributed by atoms with Crippen LogP contribution in [0.3, 0.4) is 0 Å². The van der Waals surface area contributed by atoms with Crippen LogP contribution in [0.1, 0.15) is 16.7 Å². The van der Waals surface area contributed by atoms with Crippen molar-refractivity contribution in [2.24, 2.45) is 4.99 Å². The number of rotatable bonds is 5. The standard InChI is InChI=1S/C19H15F2N3O2S2/c1-2-26-8-7-24-16-12(21)9-11(20)10-15(16)28-19(24)23-17(25)18-22-13-5-3-4-6-14(13)27-18/h3-6,9-10H,2,7-8H2,1H3. The van der Waals surface area contributed by atoms with Crippen LogP contribution in [0.15, 0.2) is 41.4 Å². The molecule has 4 aromatic rings. The van der Waals surface area contributed by atoms with Crippen LogP contribution in [0.25, 0.3) is 20.4 Å². The molecule has 0 saturated heterocycles. The highest BCUT2D eigenvalue weighted by molar-refractivity contribution is 7.20. The number of benzene rings is 2. The molecule has 0 aliphatic rings. The van der Waals surface area contributed by atoms with Crippen molar-refractivity contribution in [2.45, 2.75) is 13.5 Å². The van der Waals surface area contributed by atoms with Crippen molar-refractivity contribution >= 4 is 49.0 Å². The Hall–Kier alpha value is -2.49. The highest BCUT2D eigenvalue weighted by Crippen LogP contribution is 2.24. The molecule has 4 rings (SSSR count). The fourth-order valence-electron chi connectivity index (χ4n) is 2.82. The molecular weight excluding hydrogens is 404 g/mol. The topological polar surface area (TPSA) is 56.5 Å². The van der Waals surface area contributed by atoms with E-state index in [0.29, 0.717) is 24.5 Å². The predicted molar refractivity (Wildman–Crippen MR) is 106 cm³/mol. The first kappa shape index (κ1) is 18.9. The van der Waals surface area contributed by atoms with Gasteiger partial charge in [0.1, 0.15) is 5.82 Å². The lowest BCUT2D eigenvalue weighted by Gasteiger charge is -2.06. The monoisotopic (exact) mass is 419 g/mol. The van der Waals surface area contributed by atoms with E-state index in [2.05, 4.69) is 9.98 Å². The first-order chi connectivity index (χ1) is 13.6. The van der Waals surface area contributed by atoms with E-state index >= 15 is 0 Å². The molecule has 0 fully saturated rings. The summed E-state index contributed by atoms with van der Waals surface area (Å²) in [5.41, 5.74) is 0.932. The molecule has 0 N–H and O–H groups in total. The Morgan fingerprint density at radius 1 is 1.21 bits per heavy atom. The molecule has 0 unspecified atom stereocenters. The highest BCUT2D eigenvalue weighted by Gasteiger charge is 2.16. The van der Waals surface area contributed by atoms with Gasteiger partial charge in [-0.1, -0.05) is 23.5 Å². The predicted octanol–water partition coefficient (Wildman–Crippen LogP) is 4.37. The van der Waals surface area contributed by atoms with E-state index in [0.717, 1.165) is 27.6 Å². The zero-order valence-electron chi connectivity index (χ0n) is 14.8. The van der Waals surface area contributed by atoms with E-state index < -0.39 is 17.5 Å². The van der Waals surface area contributed by atoms with Gasteiger partial charge in [0.2, 0.25) is 0 Å². The van der Waals surface area contributed by atoms with E-state index in [1.165, 1.54) is 17.4 Å². The summed E-state index contributed by atoms with van der Waals surface area (Å²) in [5, 5.41) is 0.252. The fourth-order valence-corrected chi connectivity index (χ4v) is 4.76. The van der Waals surface area contributed by atoms with Crippen LogP contribution in [-0.2, 0) is 11.3 Å². The Kier molecular flexibility index (Phi) is 5.29. The van der Waals surface area contributed by atoms with Crippen LogP contribution in [0.4, 0.5) is 8.78 Å². The van der Waals surface area contributed by atoms with Gasteiger partial charge in [-0.2, -0.15) is 4.99 Å². The smallest absolute Gasteiger partial charge is 0.308 e. The number of amides is 1. The number of para-hydroxylation sites is 1. The number of aromatic nitrogens is 2. The molecule has 0 aliphatic heterocycles. The van der Waals surface area contributed by atoms with Gasteiger partial charge in [0.05, 0.1) is 27.0 Å². The van der Waals surface area contributed by atoms with Crippen LogP contribution in [-0.4, -0.2) is 28.7 Å². The lowest BCUT2D eigenvalue weighted by molar-refractivity contribution is 0.0996. The van der Waals surface area contributed by atoms with Crippen molar-refractivity contribution in [3.8, 4) is 0 Å². The van der Waals surface area contributed by atoms with Crippen molar-refractivity contribution in [1.29, 1.82) is 0 Å². The average Bonchev–Trinajstić information content (AvgIpc) is 3.23. The molecule has 28 heavy (non-hydrogen) atoms. The Balaban J connectivity index is 1.82. The number of ether oxygens (including phenoxy) is 1. The quantitative estimate of drug-likeness (QED) is 0.452. The molecular formula is C19H15F2N3O2S2. The Labute approximate surface area is 166 Å². The third-order valence-electron chi connectivity index (χ3n) is 4.03. The zero-order chi connectivity index (χ0) is 19.7. The maximum atomic E-state index is 14.4. The molecule has 144 valence electrons. The Morgan fingerprint density at radius 2 is 2.04 bits per heavy atom. The van der Waals surface area contributed by atoms with Crippen LogP contribution in [0, 0.1) is 11.6 Å². The lowest BCUT2D eigenvalue weighted by atomic mass is 10.3. The van der Waals surface area contributed by atoms with Gasteiger partial charge < -0.3 is 9.30 Å². The zero-order valence-corrected chi connectivity index (χ0v) is 16.4. The van der Waals surface area contributed by atoms with Crippen LogP contribution in [0.5, 0.6) is 0 Å². The van der Waals surface area contributed by atoms with Gasteiger partial charge in [0.25, 0.3) is 0 Å². The molecule has 0 radical (unpaired) electrons. The SMILES string of the molecule is CCOCCn1c(=NC(=O)c2nc3ccccc3s2)sc2cc(F)cc(F)c21. The molecule has 0 saturated carbocycles. The summed E-state index contributed by atoms with van der Waals surface area (Å²) in [7, 11) is 0. The number of carbonyl (C=O) groups excluding carboxylic acids is 1. The van der Waals surface area contributed by atoms with Gasteiger partial charge in [-0.3, -0.25) is 4.79 Å². The van der Waals surface area contributed by atoms with Gasteiger partial charge in [-0.15, -0.1) is 11.3 Å². The number of halogens is 2. The van der Waals surface area contributed by atoms with Gasteiger partial charge in [-0.05, 0) is 25.1 Å². The van der Waals surface area contributed by atoms with Crippen molar-refractivity contribution in [3.05, 3.63) is 57.8 Å². The summed E-state index contributed by atoms with van der Waals surface area (Å²) in [4.78, 5) is 21.4. The second-order valence-corrected chi connectivity index (χ2v) is 7.91. The van der Waals surface area contributed by atoms with Crippen molar-refractivity contribution in [1.82, 2.24) is 9.55 Å². The fraction of sp³-hybridized carbons (Fsp3) is 0.211. The molecule has 2 aromatic heterocycles. The summed E-state index contributed by atoms with van der Waals surface area (Å²) in [6.45, 7) is 2.98. The van der Waals surface area contributed by atoms with Crippen molar-refractivity contribution in [2.75, 3.05) is 13.2 Å². The lowest BCUT2D eigenvalue weighted by Crippen LogP contribution is -2.20. The Bertz CT molecular complexity index is 1210. The third kappa shape index (κ3) is 3.60. The first-order valence-electron chi connectivity index (χ1n) is 8.57. The third-order valence-corrected chi connectivity index (χ3v) is 6.08. The summed E-state index contributed by atoms with van der Waals surface area (Å²) in [6, 6.07) is 9.48. The number of fused-ring (bicyclic) bond motifs is 2. The summed E-state index contributed by atoms with van der Waals surface area (Å²) >= 11 is 2.30. The van der Waals surface area contributed by atoms with E-state index in [1.807, 2.05) is 31.2 Å². The molecule has 1 amide bonds. The second kappa shape index (κ2) is 7.86. The normalized spacial score (nSPS) is 12.3. The molecule has 2 aromatic carbocycles. The molecule has 5 nitrogen and oxygen atoms in total. The molecule has 0 bridgehead atoms. The van der Waals surface area contributed by atoms with Gasteiger partial charge in [0, 0.05) is 19.2 Å². The molecule has 2 heterocycles. The van der Waals surface area contributed by atoms with E-state index in [9.17, 15) is 13.6 Å². The largest absolute Gasteiger partial charge is 0.380 e.